The van der Waals surface area contributed by atoms with Gasteiger partial charge in [0.05, 0.1) is 0 Å². The van der Waals surface area contributed by atoms with Crippen molar-refractivity contribution >= 4 is 30.7 Å². The van der Waals surface area contributed by atoms with Crippen LogP contribution < -0.4 is 11.1 Å². The maximum atomic E-state index is 11.6. The molecule has 4 nitrogen and oxygen atoms in total. The highest BCUT2D eigenvalue weighted by atomic mass is 35.5. The molecule has 0 unspecified atom stereocenters. The van der Waals surface area contributed by atoms with Crippen LogP contribution in [-0.4, -0.2) is 23.2 Å². The predicted molar refractivity (Wildman–Crippen MR) is 81.7 cm³/mol. The van der Waals surface area contributed by atoms with Crippen molar-refractivity contribution in [2.75, 3.05) is 0 Å². The summed E-state index contributed by atoms with van der Waals surface area (Å²) in [5.74, 6) is -0.408. The number of benzene rings is 1. The number of carbonyl (C=O) groups is 1. The van der Waals surface area contributed by atoms with Gasteiger partial charge in [-0.05, 0) is 12.0 Å². The van der Waals surface area contributed by atoms with Crippen molar-refractivity contribution in [3.05, 3.63) is 35.9 Å². The Hall–Kier alpha value is -0.810. The highest BCUT2D eigenvalue weighted by molar-refractivity contribution is 5.85. The number of amides is 1. The van der Waals surface area contributed by atoms with E-state index < -0.39 is 18.1 Å². The van der Waals surface area contributed by atoms with Gasteiger partial charge in [0.25, 0.3) is 5.91 Å². The van der Waals surface area contributed by atoms with Gasteiger partial charge in [0.1, 0.15) is 6.10 Å². The second kappa shape index (κ2) is 11.1. The molecular formula is C13H22Cl2N2O2. The number of aliphatic hydroxyl groups is 1. The van der Waals surface area contributed by atoms with E-state index in [1.807, 2.05) is 37.3 Å². The standard InChI is InChI=1S/C13H20N2O2.2ClH/c1-2-6-11(14)12(16)13(17)15-9-10-7-4-3-5-8-10;;/h3-5,7-8,11-12,16H,2,6,9,14H2,1H3,(H,15,17);2*1H/t11-,12-;;/m0../s1. The zero-order chi connectivity index (χ0) is 12.7. The summed E-state index contributed by atoms with van der Waals surface area (Å²) < 4.78 is 0. The van der Waals surface area contributed by atoms with Gasteiger partial charge in [0, 0.05) is 12.6 Å². The fourth-order valence-corrected chi connectivity index (χ4v) is 1.58. The van der Waals surface area contributed by atoms with Crippen LogP contribution in [0.1, 0.15) is 25.3 Å². The molecule has 1 aromatic rings. The zero-order valence-corrected chi connectivity index (χ0v) is 12.5. The van der Waals surface area contributed by atoms with Gasteiger partial charge in [-0.15, -0.1) is 24.8 Å². The van der Waals surface area contributed by atoms with E-state index in [0.29, 0.717) is 13.0 Å². The van der Waals surface area contributed by atoms with Crippen molar-refractivity contribution in [2.45, 2.75) is 38.5 Å². The normalized spacial score (nSPS) is 12.6. The van der Waals surface area contributed by atoms with Crippen LogP contribution in [-0.2, 0) is 11.3 Å². The van der Waals surface area contributed by atoms with Crippen LogP contribution in [0.2, 0.25) is 0 Å². The second-order valence-corrected chi connectivity index (χ2v) is 4.10. The van der Waals surface area contributed by atoms with Crippen LogP contribution in [0.25, 0.3) is 0 Å². The SMILES string of the molecule is CCC[C@H](N)[C@H](O)C(=O)NCc1ccccc1.Cl.Cl. The van der Waals surface area contributed by atoms with Crippen LogP contribution in [0.5, 0.6) is 0 Å². The Morgan fingerprint density at radius 1 is 1.32 bits per heavy atom. The first kappa shape index (κ1) is 20.5. The van der Waals surface area contributed by atoms with Gasteiger partial charge >= 0.3 is 0 Å². The third kappa shape index (κ3) is 7.38. The Morgan fingerprint density at radius 3 is 2.42 bits per heavy atom. The fourth-order valence-electron chi connectivity index (χ4n) is 1.58. The van der Waals surface area contributed by atoms with E-state index in [9.17, 15) is 9.90 Å². The Bertz CT molecular complexity index is 350. The lowest BCUT2D eigenvalue weighted by atomic mass is 10.1. The summed E-state index contributed by atoms with van der Waals surface area (Å²) >= 11 is 0. The lowest BCUT2D eigenvalue weighted by Crippen LogP contribution is -2.46. The minimum atomic E-state index is -1.13. The molecule has 1 rings (SSSR count). The van der Waals surface area contributed by atoms with E-state index >= 15 is 0 Å². The maximum absolute atomic E-state index is 11.6. The highest BCUT2D eigenvalue weighted by Crippen LogP contribution is 2.01. The van der Waals surface area contributed by atoms with E-state index in [0.717, 1.165) is 12.0 Å². The first-order valence-electron chi connectivity index (χ1n) is 5.90. The van der Waals surface area contributed by atoms with Gasteiger partial charge in [0.2, 0.25) is 0 Å². The number of carbonyl (C=O) groups excluding carboxylic acids is 1. The average molecular weight is 309 g/mol. The highest BCUT2D eigenvalue weighted by Gasteiger charge is 2.21. The quantitative estimate of drug-likeness (QED) is 0.748. The smallest absolute Gasteiger partial charge is 0.250 e. The number of aliphatic hydroxyl groups excluding tert-OH is 1. The minimum absolute atomic E-state index is 0. The molecule has 0 spiro atoms. The first-order valence-corrected chi connectivity index (χ1v) is 5.90. The van der Waals surface area contributed by atoms with E-state index in [4.69, 9.17) is 5.73 Å². The molecule has 19 heavy (non-hydrogen) atoms. The minimum Gasteiger partial charge on any atom is -0.382 e. The zero-order valence-electron chi connectivity index (χ0n) is 10.9. The summed E-state index contributed by atoms with van der Waals surface area (Å²) in [5.41, 5.74) is 6.68. The molecule has 2 atom stereocenters. The molecule has 1 aromatic carbocycles. The van der Waals surface area contributed by atoms with Crippen LogP contribution in [0.4, 0.5) is 0 Å². The molecule has 110 valence electrons. The summed E-state index contributed by atoms with van der Waals surface area (Å²) in [6.07, 6.45) is 0.364. The van der Waals surface area contributed by atoms with Crippen molar-refractivity contribution in [3.8, 4) is 0 Å². The van der Waals surface area contributed by atoms with Gasteiger partial charge in [0.15, 0.2) is 0 Å². The number of hydrogen-bond acceptors (Lipinski definition) is 3. The Kier molecular flexibility index (Phi) is 11.9. The van der Waals surface area contributed by atoms with E-state index in [1.54, 1.807) is 0 Å². The van der Waals surface area contributed by atoms with E-state index in [1.165, 1.54) is 0 Å². The first-order chi connectivity index (χ1) is 8.15. The molecule has 0 saturated heterocycles. The molecule has 0 aromatic heterocycles. The molecule has 1 amide bonds. The predicted octanol–water partition coefficient (Wildman–Crippen LogP) is 1.63. The lowest BCUT2D eigenvalue weighted by molar-refractivity contribution is -0.130. The molecule has 0 radical (unpaired) electrons. The Morgan fingerprint density at radius 2 is 1.89 bits per heavy atom. The van der Waals surface area contributed by atoms with E-state index in [2.05, 4.69) is 5.32 Å². The van der Waals surface area contributed by atoms with Crippen molar-refractivity contribution in [1.82, 2.24) is 5.32 Å². The molecule has 4 N–H and O–H groups in total. The van der Waals surface area contributed by atoms with Gasteiger partial charge in [-0.25, -0.2) is 0 Å². The molecule has 0 aliphatic carbocycles. The van der Waals surface area contributed by atoms with Crippen LogP contribution in [0, 0.1) is 0 Å². The summed E-state index contributed by atoms with van der Waals surface area (Å²) in [6.45, 7) is 2.38. The Balaban J connectivity index is 0. The van der Waals surface area contributed by atoms with Gasteiger partial charge < -0.3 is 16.2 Å². The van der Waals surface area contributed by atoms with Crippen molar-refractivity contribution in [2.24, 2.45) is 5.73 Å². The monoisotopic (exact) mass is 308 g/mol. The number of rotatable bonds is 6. The fraction of sp³-hybridized carbons (Fsp3) is 0.462. The molecule has 0 saturated carbocycles. The molecule has 0 fully saturated rings. The maximum Gasteiger partial charge on any atom is 0.250 e. The van der Waals surface area contributed by atoms with Crippen LogP contribution in [0.3, 0.4) is 0 Å². The summed E-state index contributed by atoms with van der Waals surface area (Å²) in [4.78, 5) is 11.6. The van der Waals surface area contributed by atoms with Crippen LogP contribution in [0.15, 0.2) is 30.3 Å². The van der Waals surface area contributed by atoms with Gasteiger partial charge in [-0.3, -0.25) is 4.79 Å². The third-order valence-electron chi connectivity index (χ3n) is 2.61. The topological polar surface area (TPSA) is 75.3 Å². The Labute approximate surface area is 126 Å². The molecule has 0 aliphatic heterocycles. The van der Waals surface area contributed by atoms with Crippen LogP contribution >= 0.6 is 24.8 Å². The summed E-state index contributed by atoms with van der Waals surface area (Å²) in [6, 6.07) is 9.06. The van der Waals surface area contributed by atoms with Crippen molar-refractivity contribution in [1.29, 1.82) is 0 Å². The van der Waals surface area contributed by atoms with Gasteiger partial charge in [-0.1, -0.05) is 43.7 Å². The molecule has 6 heteroatoms. The molecule has 0 heterocycles. The number of halogens is 2. The molecule has 0 bridgehead atoms. The summed E-state index contributed by atoms with van der Waals surface area (Å²) in [7, 11) is 0. The lowest BCUT2D eigenvalue weighted by Gasteiger charge is -2.17. The third-order valence-corrected chi connectivity index (χ3v) is 2.61. The number of nitrogens with two attached hydrogens (primary N) is 1. The second-order valence-electron chi connectivity index (χ2n) is 4.10. The van der Waals surface area contributed by atoms with Gasteiger partial charge in [-0.2, -0.15) is 0 Å². The molecular weight excluding hydrogens is 287 g/mol. The number of hydrogen-bond donors (Lipinski definition) is 3. The number of nitrogens with one attached hydrogen (secondary N) is 1. The summed E-state index contributed by atoms with van der Waals surface area (Å²) in [5, 5.41) is 12.3. The average Bonchev–Trinajstić information content (AvgIpc) is 2.36. The largest absolute Gasteiger partial charge is 0.382 e. The van der Waals surface area contributed by atoms with Crippen molar-refractivity contribution in [3.63, 3.8) is 0 Å². The van der Waals surface area contributed by atoms with Crippen molar-refractivity contribution < 1.29 is 9.90 Å². The molecule has 0 aliphatic rings. The van der Waals surface area contributed by atoms with E-state index in [-0.39, 0.29) is 24.8 Å².